The van der Waals surface area contributed by atoms with Gasteiger partial charge in [0.15, 0.2) is 0 Å². The maximum absolute atomic E-state index is 11.8. The third-order valence-electron chi connectivity index (χ3n) is 2.80. The molecule has 1 saturated heterocycles. The molecule has 1 aromatic carbocycles. The molecule has 2 amide bonds. The summed E-state index contributed by atoms with van der Waals surface area (Å²) in [7, 11) is 0. The predicted octanol–water partition coefficient (Wildman–Crippen LogP) is 2.21. The minimum absolute atomic E-state index is 0.115. The molecule has 1 heterocycles. The zero-order valence-electron chi connectivity index (χ0n) is 10.3. The molecule has 1 aliphatic rings. The quantitative estimate of drug-likeness (QED) is 0.848. The zero-order chi connectivity index (χ0) is 13.0. The van der Waals surface area contributed by atoms with E-state index in [1.165, 1.54) is 11.9 Å². The molecule has 18 heavy (non-hydrogen) atoms. The van der Waals surface area contributed by atoms with E-state index in [-0.39, 0.29) is 11.8 Å². The van der Waals surface area contributed by atoms with E-state index >= 15 is 0 Å². The number of rotatable bonds is 4. The minimum Gasteiger partial charge on any atom is -0.312 e. The van der Waals surface area contributed by atoms with Gasteiger partial charge in [-0.2, -0.15) is 0 Å². The van der Waals surface area contributed by atoms with Crippen molar-refractivity contribution < 1.29 is 9.59 Å². The lowest BCUT2D eigenvalue weighted by atomic mass is 10.2. The molecule has 4 nitrogen and oxygen atoms in total. The smallest absolute Gasteiger partial charge is 0.261 e. The standard InChI is InChI=1S/C13H16N2O2S/c1-2-18-14-13(17)10-5-3-6-11(9-10)15-8-4-7-12(15)16/h3,5-6,9H,2,4,7-8H2,1H3,(H,14,17). The molecule has 2 rings (SSSR count). The van der Waals surface area contributed by atoms with E-state index < -0.39 is 0 Å². The van der Waals surface area contributed by atoms with E-state index in [0.29, 0.717) is 12.0 Å². The van der Waals surface area contributed by atoms with Crippen LogP contribution in [-0.4, -0.2) is 24.1 Å². The highest BCUT2D eigenvalue weighted by molar-refractivity contribution is 7.97. The van der Waals surface area contributed by atoms with Crippen molar-refractivity contribution in [2.24, 2.45) is 0 Å². The average Bonchev–Trinajstić information content (AvgIpc) is 2.82. The summed E-state index contributed by atoms with van der Waals surface area (Å²) in [5.74, 6) is 0.849. The van der Waals surface area contributed by atoms with Crippen LogP contribution >= 0.6 is 11.9 Å². The lowest BCUT2D eigenvalue weighted by Gasteiger charge is -2.16. The minimum atomic E-state index is -0.115. The SMILES string of the molecule is CCSNC(=O)c1cccc(N2CCCC2=O)c1. The van der Waals surface area contributed by atoms with Gasteiger partial charge in [0, 0.05) is 30.0 Å². The van der Waals surface area contributed by atoms with Gasteiger partial charge in [0.2, 0.25) is 5.91 Å². The molecule has 1 aromatic rings. The summed E-state index contributed by atoms with van der Waals surface area (Å²) in [6, 6.07) is 7.21. The first kappa shape index (κ1) is 13.0. The highest BCUT2D eigenvalue weighted by Gasteiger charge is 2.22. The Morgan fingerprint density at radius 1 is 1.50 bits per heavy atom. The van der Waals surface area contributed by atoms with E-state index in [1.807, 2.05) is 19.1 Å². The Kier molecular flexibility index (Phi) is 4.25. The largest absolute Gasteiger partial charge is 0.312 e. The summed E-state index contributed by atoms with van der Waals surface area (Å²) >= 11 is 1.37. The van der Waals surface area contributed by atoms with Crippen LogP contribution in [0.3, 0.4) is 0 Å². The van der Waals surface area contributed by atoms with Crippen molar-refractivity contribution in [3.63, 3.8) is 0 Å². The molecule has 0 saturated carbocycles. The number of amides is 2. The highest BCUT2D eigenvalue weighted by atomic mass is 32.2. The molecule has 5 heteroatoms. The second kappa shape index (κ2) is 5.91. The van der Waals surface area contributed by atoms with Gasteiger partial charge in [-0.15, -0.1) is 0 Å². The molecule has 1 aliphatic heterocycles. The van der Waals surface area contributed by atoms with Crippen molar-refractivity contribution in [1.29, 1.82) is 0 Å². The Morgan fingerprint density at radius 3 is 3.00 bits per heavy atom. The molecule has 0 radical (unpaired) electrons. The Hall–Kier alpha value is -1.49. The second-order valence-electron chi connectivity index (χ2n) is 4.06. The molecular weight excluding hydrogens is 248 g/mol. The Balaban J connectivity index is 2.14. The lowest BCUT2D eigenvalue weighted by Crippen LogP contribution is -2.24. The van der Waals surface area contributed by atoms with Crippen molar-refractivity contribution in [1.82, 2.24) is 4.72 Å². The molecule has 0 aromatic heterocycles. The van der Waals surface area contributed by atoms with Crippen LogP contribution in [0.5, 0.6) is 0 Å². The third-order valence-corrected chi connectivity index (χ3v) is 3.42. The van der Waals surface area contributed by atoms with Crippen LogP contribution in [-0.2, 0) is 4.79 Å². The van der Waals surface area contributed by atoms with Gasteiger partial charge in [-0.05, 0) is 24.6 Å². The maximum atomic E-state index is 11.8. The Morgan fingerprint density at radius 2 is 2.33 bits per heavy atom. The molecule has 0 unspecified atom stereocenters. The molecule has 1 N–H and O–H groups in total. The van der Waals surface area contributed by atoms with Crippen molar-refractivity contribution in [2.75, 3.05) is 17.2 Å². The number of nitrogens with zero attached hydrogens (tertiary/aromatic N) is 1. The molecule has 0 atom stereocenters. The topological polar surface area (TPSA) is 49.4 Å². The van der Waals surface area contributed by atoms with Crippen LogP contribution in [0.2, 0.25) is 0 Å². The van der Waals surface area contributed by atoms with Crippen molar-refractivity contribution in [2.45, 2.75) is 19.8 Å². The van der Waals surface area contributed by atoms with Crippen LogP contribution < -0.4 is 9.62 Å². The molecule has 0 bridgehead atoms. The van der Waals surface area contributed by atoms with Crippen molar-refractivity contribution >= 4 is 29.4 Å². The Labute approximate surface area is 111 Å². The van der Waals surface area contributed by atoms with Crippen molar-refractivity contribution in [3.8, 4) is 0 Å². The summed E-state index contributed by atoms with van der Waals surface area (Å²) in [6.07, 6.45) is 1.49. The lowest BCUT2D eigenvalue weighted by molar-refractivity contribution is -0.117. The first-order chi connectivity index (χ1) is 8.72. The van der Waals surface area contributed by atoms with E-state index in [9.17, 15) is 9.59 Å². The first-order valence-electron chi connectivity index (χ1n) is 6.05. The van der Waals surface area contributed by atoms with Crippen molar-refractivity contribution in [3.05, 3.63) is 29.8 Å². The van der Waals surface area contributed by atoms with Gasteiger partial charge < -0.3 is 4.90 Å². The second-order valence-corrected chi connectivity index (χ2v) is 5.13. The normalized spacial score (nSPS) is 14.9. The average molecular weight is 264 g/mol. The summed E-state index contributed by atoms with van der Waals surface area (Å²) in [5.41, 5.74) is 1.40. The number of anilines is 1. The summed E-state index contributed by atoms with van der Waals surface area (Å²) in [6.45, 7) is 2.72. The predicted molar refractivity (Wildman–Crippen MR) is 73.6 cm³/mol. The first-order valence-corrected chi connectivity index (χ1v) is 7.03. The molecular formula is C13H16N2O2S. The molecule has 0 spiro atoms. The van der Waals surface area contributed by atoms with E-state index in [2.05, 4.69) is 4.72 Å². The fourth-order valence-corrected chi connectivity index (χ4v) is 2.33. The van der Waals surface area contributed by atoms with Gasteiger partial charge in [0.25, 0.3) is 5.91 Å². The maximum Gasteiger partial charge on any atom is 0.261 e. The van der Waals surface area contributed by atoms with Crippen LogP contribution in [0.4, 0.5) is 5.69 Å². The zero-order valence-corrected chi connectivity index (χ0v) is 11.1. The highest BCUT2D eigenvalue weighted by Crippen LogP contribution is 2.22. The summed E-state index contributed by atoms with van der Waals surface area (Å²) in [5, 5.41) is 0. The third kappa shape index (κ3) is 2.85. The van der Waals surface area contributed by atoms with Gasteiger partial charge in [0.1, 0.15) is 0 Å². The van der Waals surface area contributed by atoms with Crippen LogP contribution in [0.15, 0.2) is 24.3 Å². The van der Waals surface area contributed by atoms with Crippen LogP contribution in [0.25, 0.3) is 0 Å². The number of hydrogen-bond acceptors (Lipinski definition) is 3. The van der Waals surface area contributed by atoms with Gasteiger partial charge in [-0.25, -0.2) is 0 Å². The van der Waals surface area contributed by atoms with Crippen LogP contribution in [0, 0.1) is 0 Å². The van der Waals surface area contributed by atoms with Gasteiger partial charge >= 0.3 is 0 Å². The fourth-order valence-electron chi connectivity index (χ4n) is 1.93. The number of carbonyl (C=O) groups excluding carboxylic acids is 2. The number of nitrogens with one attached hydrogen (secondary N) is 1. The Bertz CT molecular complexity index is 462. The van der Waals surface area contributed by atoms with Gasteiger partial charge in [0.05, 0.1) is 0 Å². The molecule has 96 valence electrons. The number of carbonyl (C=O) groups is 2. The van der Waals surface area contributed by atoms with Gasteiger partial charge in [-0.1, -0.05) is 24.9 Å². The van der Waals surface area contributed by atoms with Gasteiger partial charge in [-0.3, -0.25) is 14.3 Å². The van der Waals surface area contributed by atoms with E-state index in [0.717, 1.165) is 24.4 Å². The van der Waals surface area contributed by atoms with E-state index in [1.54, 1.807) is 17.0 Å². The number of hydrogen-bond donors (Lipinski definition) is 1. The summed E-state index contributed by atoms with van der Waals surface area (Å²) < 4.78 is 2.75. The molecule has 1 fully saturated rings. The van der Waals surface area contributed by atoms with Crippen LogP contribution in [0.1, 0.15) is 30.1 Å². The monoisotopic (exact) mass is 264 g/mol. The number of benzene rings is 1. The van der Waals surface area contributed by atoms with E-state index in [4.69, 9.17) is 0 Å². The fraction of sp³-hybridized carbons (Fsp3) is 0.385. The molecule has 0 aliphatic carbocycles. The summed E-state index contributed by atoms with van der Waals surface area (Å²) in [4.78, 5) is 25.2.